The van der Waals surface area contributed by atoms with Gasteiger partial charge in [0, 0.05) is 0 Å². The number of aldehydes is 1. The van der Waals surface area contributed by atoms with E-state index in [-0.39, 0.29) is 12.4 Å². The molecule has 0 fully saturated rings. The summed E-state index contributed by atoms with van der Waals surface area (Å²) < 4.78 is 9.31. The van der Waals surface area contributed by atoms with Gasteiger partial charge in [0.2, 0.25) is 0 Å². The lowest BCUT2D eigenvalue weighted by Crippen LogP contribution is -2.03. The largest absolute Gasteiger partial charge is 0.469 e. The number of carbonyl (C=O) groups is 2. The molecule has 0 aromatic carbocycles. The first-order chi connectivity index (χ1) is 5.76. The van der Waals surface area contributed by atoms with Gasteiger partial charge >= 0.3 is 5.97 Å². The predicted octanol–water partition coefficient (Wildman–Crippen LogP) is 0.808. The molecule has 0 unspecified atom stereocenters. The molecule has 4 nitrogen and oxygen atoms in total. The van der Waals surface area contributed by atoms with E-state index < -0.39 is 0 Å². The topological polar surface area (TPSA) is 56.5 Å². The van der Waals surface area contributed by atoms with Crippen molar-refractivity contribution in [1.82, 2.24) is 0 Å². The van der Waals surface area contributed by atoms with Gasteiger partial charge < -0.3 is 9.15 Å². The summed E-state index contributed by atoms with van der Waals surface area (Å²) in [6.07, 6.45) is 2.01. The van der Waals surface area contributed by atoms with Crippen LogP contribution in [-0.2, 0) is 16.0 Å². The number of esters is 1. The molecule has 1 rings (SSSR count). The maximum atomic E-state index is 10.7. The molecule has 0 amide bonds. The quantitative estimate of drug-likeness (QED) is 0.495. The van der Waals surface area contributed by atoms with Gasteiger partial charge in [0.15, 0.2) is 6.29 Å². The maximum absolute atomic E-state index is 10.7. The van der Waals surface area contributed by atoms with Gasteiger partial charge in [-0.2, -0.15) is 0 Å². The first-order valence-corrected chi connectivity index (χ1v) is 3.35. The third-order valence-corrected chi connectivity index (χ3v) is 1.36. The summed E-state index contributed by atoms with van der Waals surface area (Å²) in [6, 6.07) is 1.50. The fraction of sp³-hybridized carbons (Fsp3) is 0.250. The Morgan fingerprint density at radius 3 is 3.00 bits per heavy atom. The van der Waals surface area contributed by atoms with Crippen LogP contribution in [0.3, 0.4) is 0 Å². The van der Waals surface area contributed by atoms with Gasteiger partial charge in [0.05, 0.1) is 12.7 Å². The van der Waals surface area contributed by atoms with Crippen LogP contribution >= 0.6 is 0 Å². The molecule has 4 heteroatoms. The Morgan fingerprint density at radius 2 is 2.50 bits per heavy atom. The second-order valence-corrected chi connectivity index (χ2v) is 2.22. The fourth-order valence-electron chi connectivity index (χ4n) is 0.767. The zero-order chi connectivity index (χ0) is 8.97. The van der Waals surface area contributed by atoms with Crippen molar-refractivity contribution in [2.24, 2.45) is 0 Å². The van der Waals surface area contributed by atoms with Crippen LogP contribution < -0.4 is 0 Å². The van der Waals surface area contributed by atoms with Gasteiger partial charge in [-0.25, -0.2) is 0 Å². The Morgan fingerprint density at radius 1 is 1.75 bits per heavy atom. The van der Waals surface area contributed by atoms with E-state index in [1.54, 1.807) is 0 Å². The standard InChI is InChI=1S/C8H8O4/c1-11-8(10)3-7-2-6(4-9)5-12-7/h2,4-5H,3H2,1H3. The van der Waals surface area contributed by atoms with Crippen molar-refractivity contribution in [2.75, 3.05) is 7.11 Å². The molecule has 0 atom stereocenters. The van der Waals surface area contributed by atoms with Crippen LogP contribution in [0, 0.1) is 0 Å². The van der Waals surface area contributed by atoms with Gasteiger partial charge in [0.25, 0.3) is 0 Å². The molecule has 0 saturated carbocycles. The number of methoxy groups -OCH3 is 1. The monoisotopic (exact) mass is 168 g/mol. The smallest absolute Gasteiger partial charge is 0.313 e. The van der Waals surface area contributed by atoms with Crippen molar-refractivity contribution in [1.29, 1.82) is 0 Å². The van der Waals surface area contributed by atoms with Gasteiger partial charge in [-0.05, 0) is 6.07 Å². The van der Waals surface area contributed by atoms with E-state index in [1.807, 2.05) is 0 Å². The number of rotatable bonds is 3. The lowest BCUT2D eigenvalue weighted by Gasteiger charge is -1.93. The van der Waals surface area contributed by atoms with E-state index in [4.69, 9.17) is 4.42 Å². The van der Waals surface area contributed by atoms with Crippen LogP contribution in [0.15, 0.2) is 16.7 Å². The van der Waals surface area contributed by atoms with Crippen molar-refractivity contribution in [2.45, 2.75) is 6.42 Å². The summed E-state index contributed by atoms with van der Waals surface area (Å²) in [7, 11) is 1.30. The molecule has 64 valence electrons. The van der Waals surface area contributed by atoms with Crippen molar-refractivity contribution < 1.29 is 18.7 Å². The Balaban J connectivity index is 2.63. The fourth-order valence-corrected chi connectivity index (χ4v) is 0.767. The average Bonchev–Trinajstić information content (AvgIpc) is 2.52. The van der Waals surface area contributed by atoms with E-state index >= 15 is 0 Å². The Kier molecular flexibility index (Phi) is 2.63. The Labute approximate surface area is 69.1 Å². The van der Waals surface area contributed by atoms with E-state index in [2.05, 4.69) is 4.74 Å². The highest BCUT2D eigenvalue weighted by atomic mass is 16.5. The zero-order valence-corrected chi connectivity index (χ0v) is 6.57. The predicted molar refractivity (Wildman–Crippen MR) is 39.8 cm³/mol. The first kappa shape index (κ1) is 8.52. The highest BCUT2D eigenvalue weighted by molar-refractivity contribution is 5.76. The highest BCUT2D eigenvalue weighted by Gasteiger charge is 2.06. The highest BCUT2D eigenvalue weighted by Crippen LogP contribution is 2.06. The molecule has 0 bridgehead atoms. The second-order valence-electron chi connectivity index (χ2n) is 2.22. The SMILES string of the molecule is COC(=O)Cc1cc(C=O)co1. The van der Waals surface area contributed by atoms with E-state index in [0.29, 0.717) is 17.6 Å². The molecule has 12 heavy (non-hydrogen) atoms. The molecule has 1 aromatic rings. The Hall–Kier alpha value is -1.58. The molecule has 1 aromatic heterocycles. The molecule has 0 spiro atoms. The van der Waals surface area contributed by atoms with Crippen LogP contribution in [-0.4, -0.2) is 19.4 Å². The zero-order valence-electron chi connectivity index (χ0n) is 6.57. The van der Waals surface area contributed by atoms with Crippen molar-refractivity contribution in [3.8, 4) is 0 Å². The average molecular weight is 168 g/mol. The lowest BCUT2D eigenvalue weighted by molar-refractivity contribution is -0.140. The number of hydrogen-bond donors (Lipinski definition) is 0. The molecular weight excluding hydrogens is 160 g/mol. The number of ether oxygens (including phenoxy) is 1. The van der Waals surface area contributed by atoms with Crippen LogP contribution in [0.25, 0.3) is 0 Å². The van der Waals surface area contributed by atoms with Crippen LogP contribution in [0.1, 0.15) is 16.1 Å². The van der Waals surface area contributed by atoms with Gasteiger partial charge in [-0.3, -0.25) is 9.59 Å². The molecule has 0 N–H and O–H groups in total. The maximum Gasteiger partial charge on any atom is 0.313 e. The molecule has 0 saturated heterocycles. The van der Waals surface area contributed by atoms with Crippen LogP contribution in [0.4, 0.5) is 0 Å². The molecule has 1 heterocycles. The van der Waals surface area contributed by atoms with E-state index in [0.717, 1.165) is 0 Å². The summed E-state index contributed by atoms with van der Waals surface area (Å²) in [5.41, 5.74) is 0.425. The van der Waals surface area contributed by atoms with E-state index in [9.17, 15) is 9.59 Å². The third kappa shape index (κ3) is 1.95. The number of hydrogen-bond acceptors (Lipinski definition) is 4. The number of carbonyl (C=O) groups excluding carboxylic acids is 2. The summed E-state index contributed by atoms with van der Waals surface area (Å²) in [5, 5.41) is 0. The third-order valence-electron chi connectivity index (χ3n) is 1.36. The van der Waals surface area contributed by atoms with Crippen LogP contribution in [0.2, 0.25) is 0 Å². The summed E-state index contributed by atoms with van der Waals surface area (Å²) >= 11 is 0. The van der Waals surface area contributed by atoms with Crippen molar-refractivity contribution in [3.05, 3.63) is 23.7 Å². The summed E-state index contributed by atoms with van der Waals surface area (Å²) in [6.45, 7) is 0. The van der Waals surface area contributed by atoms with Gasteiger partial charge in [-0.15, -0.1) is 0 Å². The summed E-state index contributed by atoms with van der Waals surface area (Å²) in [4.78, 5) is 20.9. The van der Waals surface area contributed by atoms with Crippen molar-refractivity contribution >= 4 is 12.3 Å². The molecule has 0 aliphatic carbocycles. The van der Waals surface area contributed by atoms with Gasteiger partial charge in [-0.1, -0.05) is 0 Å². The van der Waals surface area contributed by atoms with Gasteiger partial charge in [0.1, 0.15) is 18.4 Å². The summed E-state index contributed by atoms with van der Waals surface area (Å²) in [5.74, 6) is 0.0470. The minimum absolute atomic E-state index is 0.0599. The number of furan rings is 1. The first-order valence-electron chi connectivity index (χ1n) is 3.35. The second kappa shape index (κ2) is 3.71. The Bertz CT molecular complexity index is 287. The van der Waals surface area contributed by atoms with Crippen molar-refractivity contribution in [3.63, 3.8) is 0 Å². The molecule has 0 radical (unpaired) electrons. The minimum atomic E-state index is -0.387. The minimum Gasteiger partial charge on any atom is -0.469 e. The van der Waals surface area contributed by atoms with E-state index in [1.165, 1.54) is 19.4 Å². The lowest BCUT2D eigenvalue weighted by atomic mass is 10.3. The molecule has 0 aliphatic rings. The molecular formula is C8H8O4. The molecule has 0 aliphatic heterocycles. The van der Waals surface area contributed by atoms with Crippen LogP contribution in [0.5, 0.6) is 0 Å². The normalized spacial score (nSPS) is 9.42.